The Kier molecular flexibility index (Phi) is 5.87. The number of amides is 1. The zero-order valence-corrected chi connectivity index (χ0v) is 16.0. The molecular weight excluding hydrogens is 385 g/mol. The fraction of sp³-hybridized carbons (Fsp3) is 0.235. The lowest BCUT2D eigenvalue weighted by molar-refractivity contribution is 0.102. The summed E-state index contributed by atoms with van der Waals surface area (Å²) in [4.78, 5) is 12.5. The van der Waals surface area contributed by atoms with Gasteiger partial charge in [0, 0.05) is 22.8 Å². The fourth-order valence-electron chi connectivity index (χ4n) is 2.40. The Hall–Kier alpha value is -1.01. The average molecular weight is 400 g/mol. The van der Waals surface area contributed by atoms with Crippen LogP contribution in [0.1, 0.15) is 20.5 Å². The maximum absolute atomic E-state index is 12.5. The standard InChI is InChI=1S/C17H15Cl2NO2S2/c1-22-15-13(18)8-11(9-14(15)19)16(21)20-12-4-2-3-10(7-12)17-23-5-6-24-17/h2-4,7-9,17H,5-6H2,1H3,(H,20,21). The SMILES string of the molecule is COc1c(Cl)cc(C(=O)Nc2cccc(C3SCCS3)c2)cc1Cl. The number of hydrogen-bond acceptors (Lipinski definition) is 4. The lowest BCUT2D eigenvalue weighted by Crippen LogP contribution is -2.12. The lowest BCUT2D eigenvalue weighted by atomic mass is 10.1. The van der Waals surface area contributed by atoms with Gasteiger partial charge < -0.3 is 10.1 Å². The maximum Gasteiger partial charge on any atom is 0.255 e. The van der Waals surface area contributed by atoms with E-state index in [0.29, 0.717) is 25.9 Å². The van der Waals surface area contributed by atoms with Crippen LogP contribution in [-0.4, -0.2) is 24.5 Å². The Bertz CT molecular complexity index is 741. The van der Waals surface area contributed by atoms with Crippen LogP contribution in [0.5, 0.6) is 5.75 Å². The van der Waals surface area contributed by atoms with Gasteiger partial charge in [-0.05, 0) is 29.8 Å². The quantitative estimate of drug-likeness (QED) is 0.711. The minimum absolute atomic E-state index is 0.259. The molecule has 0 unspecified atom stereocenters. The molecular formula is C17H15Cl2NO2S2. The zero-order valence-electron chi connectivity index (χ0n) is 12.8. The van der Waals surface area contributed by atoms with Gasteiger partial charge >= 0.3 is 0 Å². The van der Waals surface area contributed by atoms with Gasteiger partial charge in [0.05, 0.1) is 21.7 Å². The molecule has 1 amide bonds. The Morgan fingerprint density at radius 1 is 1.17 bits per heavy atom. The van der Waals surface area contributed by atoms with Crippen LogP contribution in [0.2, 0.25) is 10.0 Å². The summed E-state index contributed by atoms with van der Waals surface area (Å²) in [6.45, 7) is 0. The molecule has 0 radical (unpaired) electrons. The number of carbonyl (C=O) groups is 1. The van der Waals surface area contributed by atoms with Crippen molar-refractivity contribution in [3.05, 3.63) is 57.6 Å². The van der Waals surface area contributed by atoms with E-state index in [2.05, 4.69) is 11.4 Å². The minimum Gasteiger partial charge on any atom is -0.494 e. The number of rotatable bonds is 4. The summed E-state index contributed by atoms with van der Waals surface area (Å²) in [5.41, 5.74) is 2.36. The van der Waals surface area contributed by atoms with Gasteiger partial charge in [0.1, 0.15) is 0 Å². The monoisotopic (exact) mass is 399 g/mol. The summed E-state index contributed by atoms with van der Waals surface area (Å²) < 4.78 is 5.54. The Morgan fingerprint density at radius 3 is 2.46 bits per heavy atom. The first-order valence-corrected chi connectivity index (χ1v) is 10.1. The van der Waals surface area contributed by atoms with Crippen molar-refractivity contribution < 1.29 is 9.53 Å². The number of anilines is 1. The molecule has 7 heteroatoms. The summed E-state index contributed by atoms with van der Waals surface area (Å²) in [5.74, 6) is 2.43. The summed E-state index contributed by atoms with van der Waals surface area (Å²) in [6, 6.07) is 11.0. The molecule has 1 aliphatic heterocycles. The van der Waals surface area contributed by atoms with Crippen LogP contribution < -0.4 is 10.1 Å². The van der Waals surface area contributed by atoms with Gasteiger partial charge in [0.25, 0.3) is 5.91 Å². The number of thioether (sulfide) groups is 2. The van der Waals surface area contributed by atoms with Crippen LogP contribution in [0.15, 0.2) is 36.4 Å². The third kappa shape index (κ3) is 3.97. The predicted octanol–water partition coefficient (Wildman–Crippen LogP) is 5.73. The molecule has 2 aromatic rings. The van der Waals surface area contributed by atoms with E-state index in [1.54, 1.807) is 12.1 Å². The predicted molar refractivity (Wildman–Crippen MR) is 105 cm³/mol. The topological polar surface area (TPSA) is 38.3 Å². The van der Waals surface area contributed by atoms with Gasteiger partial charge in [-0.3, -0.25) is 4.79 Å². The van der Waals surface area contributed by atoms with Crippen LogP contribution in [0.25, 0.3) is 0 Å². The van der Waals surface area contributed by atoms with Crippen LogP contribution in [0.4, 0.5) is 5.69 Å². The Balaban J connectivity index is 1.78. The Morgan fingerprint density at radius 2 is 1.83 bits per heavy atom. The zero-order chi connectivity index (χ0) is 17.1. The molecule has 24 heavy (non-hydrogen) atoms. The summed E-state index contributed by atoms with van der Waals surface area (Å²) in [6.07, 6.45) is 0. The second-order valence-electron chi connectivity index (χ2n) is 5.13. The molecule has 0 saturated carbocycles. The fourth-order valence-corrected chi connectivity index (χ4v) is 5.88. The molecule has 0 bridgehead atoms. The van der Waals surface area contributed by atoms with Crippen molar-refractivity contribution in [2.24, 2.45) is 0 Å². The molecule has 3 nitrogen and oxygen atoms in total. The second-order valence-corrected chi connectivity index (χ2v) is 8.67. The third-order valence-electron chi connectivity index (χ3n) is 3.50. The highest BCUT2D eigenvalue weighted by Gasteiger charge is 2.19. The van der Waals surface area contributed by atoms with E-state index in [4.69, 9.17) is 27.9 Å². The van der Waals surface area contributed by atoms with Crippen molar-refractivity contribution in [1.29, 1.82) is 0 Å². The number of methoxy groups -OCH3 is 1. The van der Waals surface area contributed by atoms with Crippen molar-refractivity contribution in [3.8, 4) is 5.75 Å². The normalized spacial score (nSPS) is 14.6. The summed E-state index contributed by atoms with van der Waals surface area (Å²) >= 11 is 16.1. The van der Waals surface area contributed by atoms with Crippen molar-refractivity contribution in [2.45, 2.75) is 4.58 Å². The van der Waals surface area contributed by atoms with Crippen LogP contribution >= 0.6 is 46.7 Å². The third-order valence-corrected chi connectivity index (χ3v) is 7.17. The maximum atomic E-state index is 12.5. The highest BCUT2D eigenvalue weighted by molar-refractivity contribution is 8.19. The molecule has 126 valence electrons. The second kappa shape index (κ2) is 7.91. The first-order chi connectivity index (χ1) is 11.6. The van der Waals surface area contributed by atoms with Crippen molar-refractivity contribution in [3.63, 3.8) is 0 Å². The molecule has 0 spiro atoms. The molecule has 1 N–H and O–H groups in total. The summed E-state index contributed by atoms with van der Waals surface area (Å²) in [7, 11) is 1.48. The first-order valence-electron chi connectivity index (χ1n) is 7.26. The first kappa shape index (κ1) is 17.8. The number of ether oxygens (including phenoxy) is 1. The van der Waals surface area contributed by atoms with Gasteiger partial charge in [-0.15, -0.1) is 23.5 Å². The van der Waals surface area contributed by atoms with Crippen LogP contribution in [-0.2, 0) is 0 Å². The smallest absolute Gasteiger partial charge is 0.255 e. The molecule has 0 aromatic heterocycles. The number of hydrogen-bond donors (Lipinski definition) is 1. The van der Waals surface area contributed by atoms with Crippen molar-refractivity contribution in [2.75, 3.05) is 23.9 Å². The highest BCUT2D eigenvalue weighted by Crippen LogP contribution is 2.45. The number of halogens is 2. The van der Waals surface area contributed by atoms with Gasteiger partial charge in [-0.25, -0.2) is 0 Å². The van der Waals surface area contributed by atoms with E-state index >= 15 is 0 Å². The lowest BCUT2D eigenvalue weighted by Gasteiger charge is -2.12. The van der Waals surface area contributed by atoms with E-state index < -0.39 is 0 Å². The van der Waals surface area contributed by atoms with Crippen molar-refractivity contribution in [1.82, 2.24) is 0 Å². The minimum atomic E-state index is -0.259. The average Bonchev–Trinajstić information content (AvgIpc) is 3.09. The molecule has 1 fully saturated rings. The molecule has 0 aliphatic carbocycles. The molecule has 1 saturated heterocycles. The number of benzene rings is 2. The van der Waals surface area contributed by atoms with E-state index in [1.807, 2.05) is 41.7 Å². The molecule has 1 heterocycles. The number of carbonyl (C=O) groups excluding carboxylic acids is 1. The van der Waals surface area contributed by atoms with E-state index in [9.17, 15) is 4.79 Å². The van der Waals surface area contributed by atoms with Gasteiger partial charge in [-0.1, -0.05) is 35.3 Å². The van der Waals surface area contributed by atoms with Gasteiger partial charge in [-0.2, -0.15) is 0 Å². The number of nitrogens with one attached hydrogen (secondary N) is 1. The van der Waals surface area contributed by atoms with Gasteiger partial charge in [0.15, 0.2) is 5.75 Å². The van der Waals surface area contributed by atoms with Crippen LogP contribution in [0.3, 0.4) is 0 Å². The van der Waals surface area contributed by atoms with Gasteiger partial charge in [0.2, 0.25) is 0 Å². The van der Waals surface area contributed by atoms with Crippen LogP contribution in [0, 0.1) is 0 Å². The molecule has 1 aliphatic rings. The molecule has 3 rings (SSSR count). The molecule has 0 atom stereocenters. The van der Waals surface area contributed by atoms with E-state index in [1.165, 1.54) is 12.7 Å². The largest absolute Gasteiger partial charge is 0.494 e. The van der Waals surface area contributed by atoms with E-state index in [-0.39, 0.29) is 5.91 Å². The summed E-state index contributed by atoms with van der Waals surface area (Å²) in [5, 5.41) is 3.51. The van der Waals surface area contributed by atoms with E-state index in [0.717, 1.165) is 17.2 Å². The Labute approximate surface area is 159 Å². The molecule has 2 aromatic carbocycles. The van der Waals surface area contributed by atoms with Crippen molar-refractivity contribution >= 4 is 58.3 Å². The highest BCUT2D eigenvalue weighted by atomic mass is 35.5.